The number of carbonyl (C=O) groups excluding carboxylic acids is 2. The van der Waals surface area contributed by atoms with Crippen LogP contribution in [0.2, 0.25) is 0 Å². The molecule has 42 heavy (non-hydrogen) atoms. The number of nitrogens with one attached hydrogen (secondary N) is 1. The van der Waals surface area contributed by atoms with Gasteiger partial charge in [0, 0.05) is 38.0 Å². The van der Waals surface area contributed by atoms with E-state index < -0.39 is 72.4 Å². The van der Waals surface area contributed by atoms with E-state index in [4.69, 9.17) is 5.73 Å². The SMILES string of the molecule is NC(=O)C1([C@@H](c2cn3ncc([C@H](NC(=O)CC4CC(F)(F)C4)C4CC4)cc3n2)C2CCC(F)(F)CC2)CC1C(F)(F)F. The lowest BCUT2D eigenvalue weighted by Gasteiger charge is -2.37. The number of nitrogens with two attached hydrogens (primary N) is 1. The number of hydrogen-bond donors (Lipinski definition) is 2. The fraction of sp³-hybridized carbons (Fsp3) is 0.714. The molecule has 14 heteroatoms. The number of amides is 2. The van der Waals surface area contributed by atoms with Gasteiger partial charge in [0.1, 0.15) is 0 Å². The third-order valence-corrected chi connectivity index (χ3v) is 9.74. The molecule has 230 valence electrons. The van der Waals surface area contributed by atoms with E-state index in [1.54, 1.807) is 6.07 Å². The average Bonchev–Trinajstić information content (AvgIpc) is 3.78. The van der Waals surface area contributed by atoms with Crippen LogP contribution in [0.4, 0.5) is 30.7 Å². The molecule has 2 aromatic heterocycles. The fourth-order valence-electron chi connectivity index (χ4n) is 7.33. The summed E-state index contributed by atoms with van der Waals surface area (Å²) in [5.41, 5.74) is 4.62. The van der Waals surface area contributed by atoms with Crippen molar-refractivity contribution in [1.82, 2.24) is 19.9 Å². The second kappa shape index (κ2) is 9.80. The number of primary amides is 1. The zero-order valence-electron chi connectivity index (χ0n) is 22.6. The van der Waals surface area contributed by atoms with E-state index in [2.05, 4.69) is 15.4 Å². The van der Waals surface area contributed by atoms with Gasteiger partial charge in [-0.2, -0.15) is 18.3 Å². The van der Waals surface area contributed by atoms with Crippen LogP contribution in [0.1, 0.15) is 87.4 Å². The molecule has 4 aliphatic carbocycles. The van der Waals surface area contributed by atoms with Crippen molar-refractivity contribution >= 4 is 17.5 Å². The Balaban J connectivity index is 1.29. The second-order valence-corrected chi connectivity index (χ2v) is 12.8. The summed E-state index contributed by atoms with van der Waals surface area (Å²) in [6, 6.07) is 1.20. The maximum absolute atomic E-state index is 14.0. The standard InChI is InChI=1S/C28H32F7N5O2/c29-25(30)5-3-15(4-6-25)22(27(24(36)42)11-19(27)28(33,34)35)18-13-40-20(38-18)8-17(12-37-40)23(16-1-2-16)39-21(41)7-14-9-26(31,32)10-14/h8,12-16,19,22-23H,1-7,9-11H2,(H2,36,42)(H,39,41)/t19?,22-,23-,27?/m1/s1. The summed E-state index contributed by atoms with van der Waals surface area (Å²) in [6.07, 6.45) is -2.42. The molecule has 2 aromatic rings. The third kappa shape index (κ3) is 5.45. The highest BCUT2D eigenvalue weighted by Crippen LogP contribution is 2.69. The van der Waals surface area contributed by atoms with Crippen molar-refractivity contribution < 1.29 is 40.3 Å². The third-order valence-electron chi connectivity index (χ3n) is 9.74. The monoisotopic (exact) mass is 603 g/mol. The predicted molar refractivity (Wildman–Crippen MR) is 134 cm³/mol. The van der Waals surface area contributed by atoms with Crippen LogP contribution in [0.3, 0.4) is 0 Å². The molecule has 2 unspecified atom stereocenters. The zero-order valence-corrected chi connectivity index (χ0v) is 22.6. The van der Waals surface area contributed by atoms with Gasteiger partial charge >= 0.3 is 6.18 Å². The first-order chi connectivity index (χ1) is 19.6. The summed E-state index contributed by atoms with van der Waals surface area (Å²) in [5, 5.41) is 7.29. The van der Waals surface area contributed by atoms with Gasteiger partial charge in [-0.05, 0) is 61.5 Å². The molecular weight excluding hydrogens is 571 g/mol. The molecule has 7 nitrogen and oxygen atoms in total. The minimum atomic E-state index is -4.69. The van der Waals surface area contributed by atoms with E-state index in [0.717, 1.165) is 12.8 Å². The highest BCUT2D eigenvalue weighted by Gasteiger charge is 2.74. The lowest BCUT2D eigenvalue weighted by atomic mass is 9.69. The van der Waals surface area contributed by atoms with E-state index in [1.165, 1.54) is 16.9 Å². The Hall–Kier alpha value is -2.93. The summed E-state index contributed by atoms with van der Waals surface area (Å²) in [7, 11) is 0. The van der Waals surface area contributed by atoms with E-state index in [-0.39, 0.29) is 61.2 Å². The lowest BCUT2D eigenvalue weighted by Crippen LogP contribution is -2.40. The number of halogens is 7. The number of hydrogen-bond acceptors (Lipinski definition) is 4. The van der Waals surface area contributed by atoms with Gasteiger partial charge in [0.15, 0.2) is 5.65 Å². The molecule has 6 rings (SSSR count). The minimum absolute atomic E-state index is 0.0142. The Labute approximate surface area is 236 Å². The Morgan fingerprint density at radius 3 is 2.24 bits per heavy atom. The molecule has 0 aliphatic heterocycles. The van der Waals surface area contributed by atoms with Crippen molar-refractivity contribution in [2.75, 3.05) is 0 Å². The minimum Gasteiger partial charge on any atom is -0.369 e. The summed E-state index contributed by atoms with van der Waals surface area (Å²) < 4.78 is 97.4. The van der Waals surface area contributed by atoms with Crippen LogP contribution in [0.5, 0.6) is 0 Å². The van der Waals surface area contributed by atoms with Crippen LogP contribution in [0.15, 0.2) is 18.5 Å². The van der Waals surface area contributed by atoms with Gasteiger partial charge in [-0.25, -0.2) is 27.1 Å². The molecule has 4 aliphatic rings. The number of carbonyl (C=O) groups is 2. The molecule has 0 bridgehead atoms. The highest BCUT2D eigenvalue weighted by molar-refractivity contribution is 5.86. The van der Waals surface area contributed by atoms with Crippen molar-refractivity contribution in [1.29, 1.82) is 0 Å². The van der Waals surface area contributed by atoms with E-state index in [1.807, 2.05) is 0 Å². The van der Waals surface area contributed by atoms with Gasteiger partial charge in [-0.15, -0.1) is 0 Å². The topological polar surface area (TPSA) is 102 Å². The van der Waals surface area contributed by atoms with Crippen molar-refractivity contribution in [3.63, 3.8) is 0 Å². The first kappa shape index (κ1) is 29.2. The van der Waals surface area contributed by atoms with Crippen LogP contribution in [0.25, 0.3) is 5.65 Å². The van der Waals surface area contributed by atoms with Crippen molar-refractivity contribution in [2.24, 2.45) is 34.8 Å². The van der Waals surface area contributed by atoms with Crippen LogP contribution in [0, 0.1) is 29.1 Å². The smallest absolute Gasteiger partial charge is 0.369 e. The molecule has 4 saturated carbocycles. The van der Waals surface area contributed by atoms with Crippen molar-refractivity contribution in [2.45, 2.75) is 94.2 Å². The molecule has 4 fully saturated rings. The average molecular weight is 604 g/mol. The van der Waals surface area contributed by atoms with Gasteiger partial charge in [0.25, 0.3) is 0 Å². The predicted octanol–water partition coefficient (Wildman–Crippen LogP) is 5.70. The van der Waals surface area contributed by atoms with Gasteiger partial charge in [0.2, 0.25) is 23.7 Å². The van der Waals surface area contributed by atoms with Crippen LogP contribution in [-0.4, -0.2) is 44.4 Å². The fourth-order valence-corrected chi connectivity index (χ4v) is 7.33. The lowest BCUT2D eigenvalue weighted by molar-refractivity contribution is -0.164. The maximum atomic E-state index is 14.0. The summed E-state index contributed by atoms with van der Waals surface area (Å²) in [5.74, 6) is -11.2. The normalized spacial score (nSPS) is 29.1. The van der Waals surface area contributed by atoms with Gasteiger partial charge in [-0.3, -0.25) is 9.59 Å². The first-order valence-electron chi connectivity index (χ1n) is 14.3. The Morgan fingerprint density at radius 2 is 1.69 bits per heavy atom. The van der Waals surface area contributed by atoms with Crippen molar-refractivity contribution in [3.8, 4) is 0 Å². The summed E-state index contributed by atoms with van der Waals surface area (Å²) in [6.45, 7) is 0. The van der Waals surface area contributed by atoms with Gasteiger partial charge in [-0.1, -0.05) is 0 Å². The number of alkyl halides is 7. The summed E-state index contributed by atoms with van der Waals surface area (Å²) >= 11 is 0. The summed E-state index contributed by atoms with van der Waals surface area (Å²) in [4.78, 5) is 29.9. The maximum Gasteiger partial charge on any atom is 0.392 e. The second-order valence-electron chi connectivity index (χ2n) is 12.8. The number of rotatable bonds is 9. The van der Waals surface area contributed by atoms with Crippen LogP contribution >= 0.6 is 0 Å². The first-order valence-corrected chi connectivity index (χ1v) is 14.3. The molecule has 0 radical (unpaired) electrons. The van der Waals surface area contributed by atoms with Crippen LogP contribution in [-0.2, 0) is 9.59 Å². The van der Waals surface area contributed by atoms with E-state index in [0.29, 0.717) is 5.56 Å². The Morgan fingerprint density at radius 1 is 1.02 bits per heavy atom. The molecule has 3 N–H and O–H groups in total. The molecule has 0 spiro atoms. The molecular formula is C28H32F7N5O2. The molecule has 4 atom stereocenters. The number of nitrogens with zero attached hydrogens (tertiary/aromatic N) is 3. The van der Waals surface area contributed by atoms with E-state index >= 15 is 0 Å². The highest BCUT2D eigenvalue weighted by atomic mass is 19.4. The number of aromatic nitrogens is 3. The van der Waals surface area contributed by atoms with Gasteiger partial charge in [0.05, 0.1) is 35.5 Å². The Kier molecular flexibility index (Phi) is 6.80. The number of fused-ring (bicyclic) bond motifs is 1. The van der Waals surface area contributed by atoms with E-state index in [9.17, 15) is 40.3 Å². The molecule has 0 saturated heterocycles. The molecule has 0 aromatic carbocycles. The van der Waals surface area contributed by atoms with Crippen LogP contribution < -0.4 is 11.1 Å². The number of imidazole rings is 1. The quantitative estimate of drug-likeness (QED) is 0.360. The largest absolute Gasteiger partial charge is 0.392 e. The van der Waals surface area contributed by atoms with Crippen molar-refractivity contribution in [3.05, 3.63) is 29.7 Å². The van der Waals surface area contributed by atoms with Gasteiger partial charge < -0.3 is 11.1 Å². The Bertz CT molecular complexity index is 1370. The molecule has 2 heterocycles. The zero-order chi connectivity index (χ0) is 30.2. The molecule has 2 amide bonds.